The van der Waals surface area contributed by atoms with Gasteiger partial charge in [0.05, 0.1) is 6.04 Å². The SMILES string of the molecule is CC(=O)N(Cc1ccccc1)[C@@H]1C[C@]1(F)Cl. The van der Waals surface area contributed by atoms with Gasteiger partial charge in [-0.2, -0.15) is 0 Å². The van der Waals surface area contributed by atoms with E-state index in [2.05, 4.69) is 0 Å². The lowest BCUT2D eigenvalue weighted by Crippen LogP contribution is -2.33. The molecule has 1 aromatic carbocycles. The number of hydrogen-bond acceptors (Lipinski definition) is 1. The molecule has 0 N–H and O–H groups in total. The molecular formula is C12H13ClFNO. The second kappa shape index (κ2) is 4.06. The highest BCUT2D eigenvalue weighted by atomic mass is 35.5. The summed E-state index contributed by atoms with van der Waals surface area (Å²) in [6, 6.07) is 9.03. The van der Waals surface area contributed by atoms with Gasteiger partial charge >= 0.3 is 0 Å². The highest BCUT2D eigenvalue weighted by molar-refractivity contribution is 6.25. The van der Waals surface area contributed by atoms with Gasteiger partial charge in [-0.3, -0.25) is 4.79 Å². The van der Waals surface area contributed by atoms with Crippen LogP contribution in [-0.2, 0) is 11.3 Å². The van der Waals surface area contributed by atoms with Crippen LogP contribution in [0.5, 0.6) is 0 Å². The Morgan fingerprint density at radius 1 is 1.56 bits per heavy atom. The number of halogens is 2. The lowest BCUT2D eigenvalue weighted by molar-refractivity contribution is -0.130. The third-order valence-corrected chi connectivity index (χ3v) is 3.18. The van der Waals surface area contributed by atoms with Crippen LogP contribution in [-0.4, -0.2) is 22.0 Å². The molecule has 0 bridgehead atoms. The first-order valence-electron chi connectivity index (χ1n) is 5.19. The Bertz CT molecular complexity index is 393. The predicted octanol–water partition coefficient (Wildman–Crippen LogP) is 2.71. The molecule has 0 unspecified atom stereocenters. The standard InChI is InChI=1S/C12H13ClFNO/c1-9(16)15(11-7-12(11,13)14)8-10-5-3-2-4-6-10/h2-6,11H,7-8H2,1H3/t11-,12-/m1/s1. The van der Waals surface area contributed by atoms with Crippen LogP contribution in [0.15, 0.2) is 30.3 Å². The molecule has 0 saturated heterocycles. The summed E-state index contributed by atoms with van der Waals surface area (Å²) in [5.74, 6) is -0.144. The van der Waals surface area contributed by atoms with Gasteiger partial charge in [-0.25, -0.2) is 4.39 Å². The van der Waals surface area contributed by atoms with E-state index in [9.17, 15) is 9.18 Å². The van der Waals surface area contributed by atoms with Crippen LogP contribution in [0.1, 0.15) is 18.9 Å². The minimum Gasteiger partial charge on any atom is -0.331 e. The molecule has 1 fully saturated rings. The van der Waals surface area contributed by atoms with E-state index in [4.69, 9.17) is 11.6 Å². The van der Waals surface area contributed by atoms with Crippen LogP contribution < -0.4 is 0 Å². The van der Waals surface area contributed by atoms with Gasteiger partial charge in [-0.15, -0.1) is 0 Å². The summed E-state index contributed by atoms with van der Waals surface area (Å²) in [5.41, 5.74) is 0.983. The summed E-state index contributed by atoms with van der Waals surface area (Å²) in [6.45, 7) is 1.85. The number of amides is 1. The van der Waals surface area contributed by atoms with Crippen molar-refractivity contribution in [3.05, 3.63) is 35.9 Å². The molecule has 16 heavy (non-hydrogen) atoms. The van der Waals surface area contributed by atoms with Gasteiger partial charge < -0.3 is 4.90 Å². The number of benzene rings is 1. The van der Waals surface area contributed by atoms with Crippen LogP contribution in [0.25, 0.3) is 0 Å². The van der Waals surface area contributed by atoms with Crippen molar-refractivity contribution in [1.29, 1.82) is 0 Å². The molecule has 1 aliphatic rings. The van der Waals surface area contributed by atoms with Crippen molar-refractivity contribution in [2.24, 2.45) is 0 Å². The Labute approximate surface area is 99.0 Å². The van der Waals surface area contributed by atoms with E-state index in [1.807, 2.05) is 30.3 Å². The van der Waals surface area contributed by atoms with E-state index in [1.54, 1.807) is 0 Å². The third-order valence-electron chi connectivity index (χ3n) is 2.77. The van der Waals surface area contributed by atoms with Gasteiger partial charge in [-0.1, -0.05) is 41.9 Å². The molecule has 2 atom stereocenters. The largest absolute Gasteiger partial charge is 0.331 e. The average molecular weight is 242 g/mol. The van der Waals surface area contributed by atoms with Crippen LogP contribution in [0.4, 0.5) is 4.39 Å². The second-order valence-electron chi connectivity index (χ2n) is 4.11. The Morgan fingerprint density at radius 2 is 2.12 bits per heavy atom. The fourth-order valence-electron chi connectivity index (χ4n) is 1.76. The molecule has 0 aliphatic heterocycles. The van der Waals surface area contributed by atoms with Crippen LogP contribution >= 0.6 is 11.6 Å². The highest BCUT2D eigenvalue weighted by Crippen LogP contribution is 2.48. The lowest BCUT2D eigenvalue weighted by Gasteiger charge is -2.21. The van der Waals surface area contributed by atoms with E-state index in [-0.39, 0.29) is 12.3 Å². The van der Waals surface area contributed by atoms with Crippen LogP contribution in [0.3, 0.4) is 0 Å². The lowest BCUT2D eigenvalue weighted by atomic mass is 10.2. The molecule has 1 saturated carbocycles. The molecule has 0 aromatic heterocycles. The highest BCUT2D eigenvalue weighted by Gasteiger charge is 2.58. The van der Waals surface area contributed by atoms with E-state index >= 15 is 0 Å². The summed E-state index contributed by atoms with van der Waals surface area (Å²) in [7, 11) is 0. The Kier molecular flexibility index (Phi) is 2.89. The summed E-state index contributed by atoms with van der Waals surface area (Å²) >= 11 is 5.55. The molecule has 1 amide bonds. The van der Waals surface area contributed by atoms with Gasteiger partial charge in [0.1, 0.15) is 0 Å². The van der Waals surface area contributed by atoms with Gasteiger partial charge in [0.15, 0.2) is 0 Å². The molecule has 4 heteroatoms. The quantitative estimate of drug-likeness (QED) is 0.746. The van der Waals surface area contributed by atoms with Gasteiger partial charge in [0.25, 0.3) is 0 Å². The fraction of sp³-hybridized carbons (Fsp3) is 0.417. The number of carbonyl (C=O) groups excluding carboxylic acids is 1. The number of nitrogens with zero attached hydrogens (tertiary/aromatic N) is 1. The fourth-order valence-corrected chi connectivity index (χ4v) is 2.02. The van der Waals surface area contributed by atoms with Gasteiger partial charge in [0, 0.05) is 19.9 Å². The van der Waals surface area contributed by atoms with E-state index in [0.29, 0.717) is 6.54 Å². The predicted molar refractivity (Wildman–Crippen MR) is 60.8 cm³/mol. The molecule has 0 spiro atoms. The zero-order valence-corrected chi connectivity index (χ0v) is 9.75. The number of rotatable bonds is 3. The van der Waals surface area contributed by atoms with E-state index < -0.39 is 11.2 Å². The van der Waals surface area contributed by atoms with Crippen LogP contribution in [0, 0.1) is 0 Å². The minimum atomic E-state index is -1.72. The Morgan fingerprint density at radius 3 is 2.56 bits per heavy atom. The molecule has 1 aromatic rings. The van der Waals surface area contributed by atoms with Crippen molar-refractivity contribution >= 4 is 17.5 Å². The zero-order chi connectivity index (χ0) is 11.8. The van der Waals surface area contributed by atoms with Gasteiger partial charge in [0.2, 0.25) is 11.0 Å². The second-order valence-corrected chi connectivity index (χ2v) is 4.74. The zero-order valence-electron chi connectivity index (χ0n) is 8.99. The molecule has 0 heterocycles. The average Bonchev–Trinajstić information content (AvgIpc) is 2.85. The van der Waals surface area contributed by atoms with Crippen molar-refractivity contribution in [2.45, 2.75) is 31.1 Å². The maximum absolute atomic E-state index is 13.3. The molecule has 1 aliphatic carbocycles. The molecule has 2 rings (SSSR count). The number of carbonyl (C=O) groups is 1. The van der Waals surface area contributed by atoms with Crippen molar-refractivity contribution in [1.82, 2.24) is 4.90 Å². The molecular weight excluding hydrogens is 229 g/mol. The maximum atomic E-state index is 13.3. The molecule has 2 nitrogen and oxygen atoms in total. The smallest absolute Gasteiger partial charge is 0.220 e. The minimum absolute atomic E-state index is 0.144. The first-order valence-corrected chi connectivity index (χ1v) is 5.57. The first-order chi connectivity index (χ1) is 7.50. The normalized spacial score (nSPS) is 27.6. The summed E-state index contributed by atoms with van der Waals surface area (Å²) < 4.78 is 13.3. The van der Waals surface area contributed by atoms with E-state index in [0.717, 1.165) is 5.56 Å². The molecule has 86 valence electrons. The van der Waals surface area contributed by atoms with Crippen LogP contribution in [0.2, 0.25) is 0 Å². The summed E-state index contributed by atoms with van der Waals surface area (Å²) in [5, 5.41) is -1.72. The number of alkyl halides is 2. The topological polar surface area (TPSA) is 20.3 Å². The third kappa shape index (κ3) is 2.35. The first kappa shape index (κ1) is 11.4. The molecule has 0 radical (unpaired) electrons. The van der Waals surface area contributed by atoms with Crippen molar-refractivity contribution in [3.8, 4) is 0 Å². The van der Waals surface area contributed by atoms with E-state index in [1.165, 1.54) is 11.8 Å². The summed E-state index contributed by atoms with van der Waals surface area (Å²) in [6.07, 6.45) is 0.223. The van der Waals surface area contributed by atoms with Crippen molar-refractivity contribution < 1.29 is 9.18 Å². The monoisotopic (exact) mass is 241 g/mol. The van der Waals surface area contributed by atoms with Gasteiger partial charge in [-0.05, 0) is 5.56 Å². The Balaban J connectivity index is 2.08. The summed E-state index contributed by atoms with van der Waals surface area (Å²) in [4.78, 5) is 12.9. The number of hydrogen-bond donors (Lipinski definition) is 0. The van der Waals surface area contributed by atoms with Crippen molar-refractivity contribution in [2.75, 3.05) is 0 Å². The maximum Gasteiger partial charge on any atom is 0.220 e. The van der Waals surface area contributed by atoms with Crippen molar-refractivity contribution in [3.63, 3.8) is 0 Å². The Hall–Kier alpha value is -1.09.